The molecule has 0 saturated heterocycles. The van der Waals surface area contributed by atoms with Crippen molar-refractivity contribution >= 4 is 22.4 Å². The van der Waals surface area contributed by atoms with Crippen molar-refractivity contribution in [2.24, 2.45) is 0 Å². The molecule has 0 bridgehead atoms. The zero-order chi connectivity index (χ0) is 12.5. The molecule has 1 N–H and O–H groups in total. The number of rotatable bonds is 3. The van der Waals surface area contributed by atoms with E-state index in [2.05, 4.69) is 20.3 Å². The van der Waals surface area contributed by atoms with Crippen molar-refractivity contribution in [3.63, 3.8) is 0 Å². The lowest BCUT2D eigenvalue weighted by atomic mass is 10.2. The van der Waals surface area contributed by atoms with Gasteiger partial charge in [0.25, 0.3) is 5.91 Å². The number of thiazole rings is 1. The highest BCUT2D eigenvalue weighted by atomic mass is 32.1. The molecule has 0 atom stereocenters. The second kappa shape index (κ2) is 4.45. The van der Waals surface area contributed by atoms with Crippen LogP contribution in [0.1, 0.15) is 40.6 Å². The third kappa shape index (κ3) is 2.38. The maximum Gasteiger partial charge on any atom is 0.276 e. The first-order valence-electron chi connectivity index (χ1n) is 5.78. The second-order valence-corrected chi connectivity index (χ2v) is 5.21. The molecule has 0 unspecified atom stereocenters. The van der Waals surface area contributed by atoms with Gasteiger partial charge < -0.3 is 0 Å². The van der Waals surface area contributed by atoms with E-state index < -0.39 is 0 Å². The Bertz CT molecular complexity index is 591. The van der Waals surface area contributed by atoms with Gasteiger partial charge in [-0.05, 0) is 25.8 Å². The molecular weight excluding hydrogens is 248 g/mol. The summed E-state index contributed by atoms with van der Waals surface area (Å²) < 4.78 is 0. The first kappa shape index (κ1) is 11.3. The number of aryl methyl sites for hydroxylation is 1. The maximum absolute atomic E-state index is 12.0. The van der Waals surface area contributed by atoms with Crippen LogP contribution >= 0.6 is 11.3 Å². The molecule has 5 nitrogen and oxygen atoms in total. The predicted molar refractivity (Wildman–Crippen MR) is 68.8 cm³/mol. The zero-order valence-corrected chi connectivity index (χ0v) is 10.7. The molecule has 1 saturated carbocycles. The third-order valence-electron chi connectivity index (χ3n) is 2.76. The molecule has 6 heteroatoms. The summed E-state index contributed by atoms with van der Waals surface area (Å²) in [7, 11) is 0. The normalized spacial score (nSPS) is 14.5. The fourth-order valence-corrected chi connectivity index (χ4v) is 2.35. The summed E-state index contributed by atoms with van der Waals surface area (Å²) >= 11 is 1.41. The van der Waals surface area contributed by atoms with E-state index in [0.717, 1.165) is 24.2 Å². The molecule has 2 heterocycles. The first-order chi connectivity index (χ1) is 8.72. The van der Waals surface area contributed by atoms with Crippen molar-refractivity contribution in [1.29, 1.82) is 0 Å². The van der Waals surface area contributed by atoms with Crippen molar-refractivity contribution in [2.75, 3.05) is 5.32 Å². The number of nitrogens with zero attached hydrogens (tertiary/aromatic N) is 3. The smallest absolute Gasteiger partial charge is 0.276 e. The first-order valence-corrected chi connectivity index (χ1v) is 6.66. The summed E-state index contributed by atoms with van der Waals surface area (Å²) in [6.07, 6.45) is 3.77. The van der Waals surface area contributed by atoms with Gasteiger partial charge in [-0.25, -0.2) is 15.0 Å². The van der Waals surface area contributed by atoms with Gasteiger partial charge in [-0.15, -0.1) is 11.3 Å². The van der Waals surface area contributed by atoms with Crippen LogP contribution in [0.3, 0.4) is 0 Å². The molecular formula is C12H12N4OS. The zero-order valence-electron chi connectivity index (χ0n) is 9.88. The minimum atomic E-state index is -0.228. The lowest BCUT2D eigenvalue weighted by molar-refractivity contribution is 0.102. The highest BCUT2D eigenvalue weighted by Crippen LogP contribution is 2.38. The van der Waals surface area contributed by atoms with E-state index in [4.69, 9.17) is 0 Å². The van der Waals surface area contributed by atoms with Crippen molar-refractivity contribution in [2.45, 2.75) is 25.7 Å². The largest absolute Gasteiger partial charge is 0.296 e. The van der Waals surface area contributed by atoms with Gasteiger partial charge in [0.05, 0.1) is 5.69 Å². The Morgan fingerprint density at radius 1 is 1.44 bits per heavy atom. The van der Waals surface area contributed by atoms with Crippen LogP contribution in [0.25, 0.3) is 0 Å². The van der Waals surface area contributed by atoms with Gasteiger partial charge in [0.1, 0.15) is 12.0 Å². The van der Waals surface area contributed by atoms with Crippen LogP contribution in [0.2, 0.25) is 0 Å². The minimum Gasteiger partial charge on any atom is -0.296 e. The van der Waals surface area contributed by atoms with E-state index in [1.807, 2.05) is 12.3 Å². The van der Waals surface area contributed by atoms with Crippen molar-refractivity contribution in [1.82, 2.24) is 15.0 Å². The molecule has 0 aliphatic heterocycles. The molecule has 1 fully saturated rings. The van der Waals surface area contributed by atoms with Crippen LogP contribution in [-0.4, -0.2) is 20.9 Å². The minimum absolute atomic E-state index is 0.228. The van der Waals surface area contributed by atoms with Crippen molar-refractivity contribution < 1.29 is 4.79 Å². The highest BCUT2D eigenvalue weighted by Gasteiger charge is 2.26. The Labute approximate surface area is 108 Å². The molecule has 18 heavy (non-hydrogen) atoms. The van der Waals surface area contributed by atoms with E-state index in [9.17, 15) is 4.79 Å². The molecule has 1 aliphatic rings. The molecule has 0 spiro atoms. The third-order valence-corrected chi connectivity index (χ3v) is 3.63. The molecule has 92 valence electrons. The van der Waals surface area contributed by atoms with Crippen LogP contribution in [-0.2, 0) is 0 Å². The Balaban J connectivity index is 1.77. The van der Waals surface area contributed by atoms with E-state index in [0.29, 0.717) is 16.7 Å². The van der Waals surface area contributed by atoms with Crippen molar-refractivity contribution in [3.05, 3.63) is 34.9 Å². The van der Waals surface area contributed by atoms with Gasteiger partial charge in [-0.2, -0.15) is 0 Å². The number of carbonyl (C=O) groups is 1. The van der Waals surface area contributed by atoms with Crippen molar-refractivity contribution in [3.8, 4) is 0 Å². The average molecular weight is 260 g/mol. The molecule has 0 radical (unpaired) electrons. The van der Waals surface area contributed by atoms with Gasteiger partial charge in [0.15, 0.2) is 5.13 Å². The predicted octanol–water partition coefficient (Wildman–Crippen LogP) is 2.37. The number of hydrogen-bond acceptors (Lipinski definition) is 5. The molecule has 3 rings (SSSR count). The summed E-state index contributed by atoms with van der Waals surface area (Å²) in [6, 6.07) is 1.77. The number of aromatic nitrogens is 3. The molecule has 1 aliphatic carbocycles. The number of carbonyl (C=O) groups excluding carboxylic acids is 1. The summed E-state index contributed by atoms with van der Waals surface area (Å²) in [5.74, 6) is 0.287. The molecule has 2 aromatic heterocycles. The summed E-state index contributed by atoms with van der Waals surface area (Å²) in [5, 5.41) is 5.24. The Hall–Kier alpha value is -1.82. The van der Waals surface area contributed by atoms with Gasteiger partial charge >= 0.3 is 0 Å². The Kier molecular flexibility index (Phi) is 2.79. The van der Waals surface area contributed by atoms with E-state index >= 15 is 0 Å². The summed E-state index contributed by atoms with van der Waals surface area (Å²) in [6.45, 7) is 1.89. The van der Waals surface area contributed by atoms with Gasteiger partial charge in [-0.3, -0.25) is 10.1 Å². The number of anilines is 1. The lowest BCUT2D eigenvalue weighted by Crippen LogP contribution is -2.14. The van der Waals surface area contributed by atoms with Crippen LogP contribution in [0.15, 0.2) is 17.8 Å². The number of amides is 1. The quantitative estimate of drug-likeness (QED) is 0.920. The topological polar surface area (TPSA) is 67.8 Å². The van der Waals surface area contributed by atoms with E-state index in [1.54, 1.807) is 6.07 Å². The lowest BCUT2D eigenvalue weighted by Gasteiger charge is -2.02. The van der Waals surface area contributed by atoms with E-state index in [1.165, 1.54) is 17.7 Å². The molecule has 0 aromatic carbocycles. The second-order valence-electron chi connectivity index (χ2n) is 4.35. The Morgan fingerprint density at radius 3 is 2.94 bits per heavy atom. The van der Waals surface area contributed by atoms with Crippen LogP contribution in [0, 0.1) is 6.92 Å². The monoisotopic (exact) mass is 260 g/mol. The summed E-state index contributed by atoms with van der Waals surface area (Å²) in [5.41, 5.74) is 2.27. The number of hydrogen-bond donors (Lipinski definition) is 1. The fraction of sp³-hybridized carbons (Fsp3) is 0.333. The van der Waals surface area contributed by atoms with Crippen LogP contribution in [0.4, 0.5) is 5.13 Å². The molecule has 2 aromatic rings. The highest BCUT2D eigenvalue weighted by molar-refractivity contribution is 7.13. The fourth-order valence-electron chi connectivity index (χ4n) is 1.67. The standard InChI is InChI=1S/C12H12N4OS/c1-7-5-18-12(15-7)16-11(17)10-4-9(8-2-3-8)13-6-14-10/h4-6,8H,2-3H2,1H3,(H,15,16,17). The van der Waals surface area contributed by atoms with Gasteiger partial charge in [-0.1, -0.05) is 0 Å². The van der Waals surface area contributed by atoms with Crippen LogP contribution in [0.5, 0.6) is 0 Å². The van der Waals surface area contributed by atoms with E-state index in [-0.39, 0.29) is 5.91 Å². The van der Waals surface area contributed by atoms with Crippen LogP contribution < -0.4 is 5.32 Å². The average Bonchev–Trinajstić information content (AvgIpc) is 3.14. The van der Waals surface area contributed by atoms with Gasteiger partial charge in [0, 0.05) is 17.0 Å². The Morgan fingerprint density at radius 2 is 2.28 bits per heavy atom. The molecule has 1 amide bonds. The summed E-state index contributed by atoms with van der Waals surface area (Å²) in [4.78, 5) is 24.4. The number of nitrogens with one attached hydrogen (secondary N) is 1. The SMILES string of the molecule is Cc1csc(NC(=O)c2cc(C3CC3)ncn2)n1. The van der Waals surface area contributed by atoms with Gasteiger partial charge in [0.2, 0.25) is 0 Å². The maximum atomic E-state index is 12.0.